The maximum Gasteiger partial charge on any atom is 0.419 e. The molecule has 0 N–H and O–H groups in total. The molecular formula is C28H12F8N6O3. The van der Waals surface area contributed by atoms with E-state index in [-0.39, 0.29) is 67.9 Å². The zero-order chi connectivity index (χ0) is 32.0. The van der Waals surface area contributed by atoms with E-state index in [1.165, 1.54) is 19.9 Å². The maximum absolute atomic E-state index is 14.2. The lowest BCUT2D eigenvalue weighted by atomic mass is 10.1. The maximum atomic E-state index is 14.2. The number of aromatic nitrogens is 6. The summed E-state index contributed by atoms with van der Waals surface area (Å²) in [7, 11) is 0. The first kappa shape index (κ1) is 28.3. The summed E-state index contributed by atoms with van der Waals surface area (Å²) in [4.78, 5) is 24.8. The predicted molar refractivity (Wildman–Crippen MR) is 138 cm³/mol. The molecule has 228 valence electrons. The average Bonchev–Trinajstić information content (AvgIpc) is 3.67. The average molecular weight is 632 g/mol. The van der Waals surface area contributed by atoms with Crippen LogP contribution in [0, 0.1) is 25.5 Å². The number of hydrogen-bond acceptors (Lipinski definition) is 9. The fourth-order valence-electron chi connectivity index (χ4n) is 4.55. The van der Waals surface area contributed by atoms with Gasteiger partial charge in [0, 0.05) is 12.1 Å². The van der Waals surface area contributed by atoms with Gasteiger partial charge in [-0.15, -0.1) is 0 Å². The lowest BCUT2D eigenvalue weighted by molar-refractivity contribution is -0.140. The van der Waals surface area contributed by atoms with Crippen molar-refractivity contribution in [1.29, 1.82) is 0 Å². The third-order valence-electron chi connectivity index (χ3n) is 6.70. The smallest absolute Gasteiger partial charge is 0.419 e. The number of benzene rings is 3. The number of aryl methyl sites for hydroxylation is 2. The number of fused-ring (bicyclic) bond motifs is 3. The number of halogens is 8. The van der Waals surface area contributed by atoms with Crippen LogP contribution in [0.3, 0.4) is 0 Å². The third kappa shape index (κ3) is 4.89. The summed E-state index contributed by atoms with van der Waals surface area (Å²) < 4.78 is 125. The van der Waals surface area contributed by atoms with Gasteiger partial charge in [-0.3, -0.25) is 0 Å². The Kier molecular flexibility index (Phi) is 5.98. The van der Waals surface area contributed by atoms with Crippen LogP contribution >= 0.6 is 0 Å². The van der Waals surface area contributed by atoms with E-state index in [1.54, 1.807) is 0 Å². The van der Waals surface area contributed by atoms with Crippen LogP contribution in [0.25, 0.3) is 68.4 Å². The number of rotatable bonds is 3. The Morgan fingerprint density at radius 1 is 0.467 bits per heavy atom. The van der Waals surface area contributed by atoms with E-state index in [0.29, 0.717) is 12.1 Å². The number of nitrogens with zero attached hydrogens (tertiary/aromatic N) is 6. The molecule has 4 aromatic heterocycles. The highest BCUT2D eigenvalue weighted by Crippen LogP contribution is 2.37. The SMILES string of the molecule is Cc1cc2nc(-c3nc(-c4nc5cc(C(F)(F)F)c(C)cc5o4)nc(-c4nc5cc(C(F)(F)F)c(F)cc5o4)n3)oc2cc1F. The summed E-state index contributed by atoms with van der Waals surface area (Å²) in [5, 5.41) is 0. The van der Waals surface area contributed by atoms with Crippen molar-refractivity contribution >= 4 is 33.3 Å². The van der Waals surface area contributed by atoms with E-state index in [0.717, 1.165) is 18.2 Å². The first-order valence-electron chi connectivity index (χ1n) is 12.6. The molecule has 0 spiro atoms. The van der Waals surface area contributed by atoms with Gasteiger partial charge in [-0.25, -0.2) is 23.7 Å². The molecule has 0 atom stereocenters. The predicted octanol–water partition coefficient (Wildman–Crippen LogP) is 8.23. The summed E-state index contributed by atoms with van der Waals surface area (Å²) in [5.41, 5.74) is -3.14. The Hall–Kier alpha value is -5.48. The van der Waals surface area contributed by atoms with Crippen LogP contribution in [0.4, 0.5) is 35.1 Å². The van der Waals surface area contributed by atoms with Crippen molar-refractivity contribution in [2.24, 2.45) is 0 Å². The van der Waals surface area contributed by atoms with Gasteiger partial charge in [0.05, 0.1) is 11.1 Å². The van der Waals surface area contributed by atoms with Gasteiger partial charge in [-0.1, -0.05) is 0 Å². The van der Waals surface area contributed by atoms with Crippen LogP contribution < -0.4 is 0 Å². The Balaban J connectivity index is 1.43. The van der Waals surface area contributed by atoms with Crippen LogP contribution in [0.1, 0.15) is 22.3 Å². The van der Waals surface area contributed by atoms with E-state index in [2.05, 4.69) is 29.9 Å². The molecule has 0 aliphatic rings. The first-order chi connectivity index (χ1) is 21.1. The minimum absolute atomic E-state index is 0.0191. The number of alkyl halides is 6. The van der Waals surface area contributed by atoms with Crippen molar-refractivity contribution in [3.8, 4) is 35.1 Å². The summed E-state index contributed by atoms with van der Waals surface area (Å²) in [6, 6.07) is 5.33. The molecule has 17 heteroatoms. The van der Waals surface area contributed by atoms with E-state index in [4.69, 9.17) is 13.3 Å². The highest BCUT2D eigenvalue weighted by molar-refractivity contribution is 5.79. The van der Waals surface area contributed by atoms with Gasteiger partial charge < -0.3 is 13.3 Å². The minimum atomic E-state index is -5.02. The van der Waals surface area contributed by atoms with Crippen LogP contribution in [0.15, 0.2) is 49.6 Å². The molecule has 0 saturated heterocycles. The monoisotopic (exact) mass is 632 g/mol. The summed E-state index contributed by atoms with van der Waals surface area (Å²) >= 11 is 0. The van der Waals surface area contributed by atoms with Crippen molar-refractivity contribution < 1.29 is 48.4 Å². The van der Waals surface area contributed by atoms with Crippen molar-refractivity contribution in [1.82, 2.24) is 29.9 Å². The molecule has 0 fully saturated rings. The molecule has 7 aromatic rings. The molecule has 45 heavy (non-hydrogen) atoms. The summed E-state index contributed by atoms with van der Waals surface area (Å²) in [6.45, 7) is 2.74. The normalized spacial score (nSPS) is 12.7. The van der Waals surface area contributed by atoms with Crippen LogP contribution in [0.5, 0.6) is 0 Å². The van der Waals surface area contributed by atoms with E-state index < -0.39 is 46.8 Å². The largest absolute Gasteiger partial charge is 0.434 e. The fraction of sp³-hybridized carbons (Fsp3) is 0.143. The zero-order valence-corrected chi connectivity index (χ0v) is 22.4. The quantitative estimate of drug-likeness (QED) is 0.178. The molecule has 4 heterocycles. The van der Waals surface area contributed by atoms with Gasteiger partial charge in [-0.2, -0.15) is 41.3 Å². The molecule has 0 bridgehead atoms. The Bertz CT molecular complexity index is 2160. The van der Waals surface area contributed by atoms with Crippen LogP contribution in [0.2, 0.25) is 0 Å². The molecule has 0 saturated carbocycles. The second-order valence-corrected chi connectivity index (χ2v) is 9.86. The molecule has 3 aromatic carbocycles. The van der Waals surface area contributed by atoms with Crippen molar-refractivity contribution in [2.75, 3.05) is 0 Å². The molecular weight excluding hydrogens is 620 g/mol. The molecule has 0 aliphatic heterocycles. The van der Waals surface area contributed by atoms with Crippen molar-refractivity contribution in [3.63, 3.8) is 0 Å². The van der Waals surface area contributed by atoms with Crippen LogP contribution in [-0.4, -0.2) is 29.9 Å². The lowest BCUT2D eigenvalue weighted by Gasteiger charge is -2.08. The highest BCUT2D eigenvalue weighted by Gasteiger charge is 2.36. The Labute approximate surface area is 243 Å². The van der Waals surface area contributed by atoms with Crippen molar-refractivity contribution in [2.45, 2.75) is 26.2 Å². The van der Waals surface area contributed by atoms with Gasteiger partial charge in [0.2, 0.25) is 17.5 Å². The van der Waals surface area contributed by atoms with E-state index in [1.807, 2.05) is 0 Å². The molecule has 0 aliphatic carbocycles. The fourth-order valence-corrected chi connectivity index (χ4v) is 4.55. The van der Waals surface area contributed by atoms with Gasteiger partial charge in [-0.05, 0) is 49.2 Å². The zero-order valence-electron chi connectivity index (χ0n) is 22.4. The summed E-state index contributed by atoms with van der Waals surface area (Å²) in [5.74, 6) is -4.48. The molecule has 0 amide bonds. The molecule has 9 nitrogen and oxygen atoms in total. The van der Waals surface area contributed by atoms with Gasteiger partial charge in [0.15, 0.2) is 16.7 Å². The third-order valence-corrected chi connectivity index (χ3v) is 6.70. The Morgan fingerprint density at radius 2 is 0.867 bits per heavy atom. The van der Waals surface area contributed by atoms with E-state index >= 15 is 0 Å². The second kappa shape index (κ2) is 9.51. The van der Waals surface area contributed by atoms with Gasteiger partial charge in [0.1, 0.15) is 28.2 Å². The summed E-state index contributed by atoms with van der Waals surface area (Å²) in [6.07, 6.45) is -9.69. The first-order valence-corrected chi connectivity index (χ1v) is 12.6. The highest BCUT2D eigenvalue weighted by atomic mass is 19.4. The van der Waals surface area contributed by atoms with Gasteiger partial charge >= 0.3 is 12.4 Å². The minimum Gasteiger partial charge on any atom is -0.434 e. The molecule has 0 unspecified atom stereocenters. The van der Waals surface area contributed by atoms with Crippen LogP contribution in [-0.2, 0) is 12.4 Å². The van der Waals surface area contributed by atoms with E-state index in [9.17, 15) is 35.1 Å². The topological polar surface area (TPSA) is 117 Å². The Morgan fingerprint density at radius 3 is 1.33 bits per heavy atom. The number of hydrogen-bond donors (Lipinski definition) is 0. The van der Waals surface area contributed by atoms with Gasteiger partial charge in [0.25, 0.3) is 17.7 Å². The molecule has 7 rings (SSSR count). The molecule has 0 radical (unpaired) electrons. The standard InChI is InChI=1S/C28H12F8N6O3/c1-9-4-18-16(5-11(9)27(31,32)33)38-25(43-18)22-40-21(24-37-15-3-10(2)13(29)7-19(15)44-24)41-23(42-22)26-39-17-6-12(28(34,35)36)14(30)8-20(17)45-26/h3-8H,1-2H3. The second-order valence-electron chi connectivity index (χ2n) is 9.86. The van der Waals surface area contributed by atoms with Crippen molar-refractivity contribution in [3.05, 3.63) is 70.3 Å². The lowest BCUT2D eigenvalue weighted by Crippen LogP contribution is -2.07. The number of oxazole rings is 3.